The molecule has 1 aromatic heterocycles. The Kier molecular flexibility index (Phi) is 7.18. The third-order valence-electron chi connectivity index (χ3n) is 3.12. The van der Waals surface area contributed by atoms with Crippen LogP contribution in [-0.2, 0) is 0 Å². The third-order valence-corrected chi connectivity index (χ3v) is 3.12. The van der Waals surface area contributed by atoms with Gasteiger partial charge in [-0.3, -0.25) is 0 Å². The Balaban J connectivity index is 2.20. The van der Waals surface area contributed by atoms with E-state index in [9.17, 15) is 0 Å². The number of hydrogen-bond acceptors (Lipinski definition) is 5. The van der Waals surface area contributed by atoms with Gasteiger partial charge in [-0.15, -0.1) is 0 Å². The van der Waals surface area contributed by atoms with Crippen LogP contribution in [0, 0.1) is 0 Å². The van der Waals surface area contributed by atoms with Crippen molar-refractivity contribution in [3.63, 3.8) is 0 Å². The maximum absolute atomic E-state index is 4.38. The second-order valence-electron chi connectivity index (χ2n) is 5.00. The van der Waals surface area contributed by atoms with E-state index in [0.29, 0.717) is 12.0 Å². The molecule has 0 radical (unpaired) electrons. The summed E-state index contributed by atoms with van der Waals surface area (Å²) in [6, 6.07) is 2.53. The quantitative estimate of drug-likeness (QED) is 0.672. The van der Waals surface area contributed by atoms with Crippen LogP contribution in [0.2, 0.25) is 0 Å². The van der Waals surface area contributed by atoms with Crippen molar-refractivity contribution in [1.29, 1.82) is 0 Å². The van der Waals surface area contributed by atoms with E-state index >= 15 is 0 Å². The van der Waals surface area contributed by atoms with Crippen molar-refractivity contribution >= 4 is 11.8 Å². The number of anilines is 2. The summed E-state index contributed by atoms with van der Waals surface area (Å²) in [7, 11) is 2.17. The molecule has 0 fully saturated rings. The molecular formula is C14H27N5. The Morgan fingerprint density at radius 3 is 2.74 bits per heavy atom. The SMILES string of the molecule is CCNc1nccc(NCCCCN(C)C(C)C)n1. The molecule has 0 aliphatic heterocycles. The van der Waals surface area contributed by atoms with Crippen LogP contribution in [0.15, 0.2) is 12.3 Å². The van der Waals surface area contributed by atoms with E-state index in [1.54, 1.807) is 6.20 Å². The summed E-state index contributed by atoms with van der Waals surface area (Å²) in [5, 5.41) is 6.44. The van der Waals surface area contributed by atoms with Gasteiger partial charge in [0.15, 0.2) is 0 Å². The molecule has 0 bridgehead atoms. The molecule has 1 rings (SSSR count). The average molecular weight is 265 g/mol. The molecule has 0 aliphatic carbocycles. The lowest BCUT2D eigenvalue weighted by atomic mass is 10.2. The first kappa shape index (κ1) is 15.7. The molecule has 1 aromatic rings. The Labute approximate surface area is 116 Å². The minimum absolute atomic E-state index is 0.623. The monoisotopic (exact) mass is 265 g/mol. The van der Waals surface area contributed by atoms with E-state index < -0.39 is 0 Å². The average Bonchev–Trinajstić information content (AvgIpc) is 2.39. The predicted octanol–water partition coefficient (Wildman–Crippen LogP) is 2.44. The molecule has 5 nitrogen and oxygen atoms in total. The molecule has 1 heterocycles. The van der Waals surface area contributed by atoms with Gasteiger partial charge in [0.05, 0.1) is 0 Å². The van der Waals surface area contributed by atoms with Gasteiger partial charge in [-0.05, 0) is 53.3 Å². The number of nitrogens with one attached hydrogen (secondary N) is 2. The third kappa shape index (κ3) is 6.38. The van der Waals surface area contributed by atoms with Gasteiger partial charge in [-0.25, -0.2) is 4.98 Å². The van der Waals surface area contributed by atoms with Crippen LogP contribution in [-0.4, -0.2) is 47.6 Å². The van der Waals surface area contributed by atoms with Crippen LogP contribution in [0.1, 0.15) is 33.6 Å². The van der Waals surface area contributed by atoms with Gasteiger partial charge in [-0.1, -0.05) is 0 Å². The van der Waals surface area contributed by atoms with Crippen LogP contribution in [0.4, 0.5) is 11.8 Å². The Bertz CT molecular complexity index is 353. The van der Waals surface area contributed by atoms with Crippen molar-refractivity contribution in [2.75, 3.05) is 37.3 Å². The van der Waals surface area contributed by atoms with Gasteiger partial charge in [0.2, 0.25) is 5.95 Å². The summed E-state index contributed by atoms with van der Waals surface area (Å²) in [5.41, 5.74) is 0. The number of unbranched alkanes of at least 4 members (excludes halogenated alkanes) is 1. The van der Waals surface area contributed by atoms with Gasteiger partial charge >= 0.3 is 0 Å². The summed E-state index contributed by atoms with van der Waals surface area (Å²) in [4.78, 5) is 10.9. The largest absolute Gasteiger partial charge is 0.370 e. The molecule has 0 saturated carbocycles. The number of aromatic nitrogens is 2. The maximum atomic E-state index is 4.38. The summed E-state index contributed by atoms with van der Waals surface area (Å²) in [6.45, 7) is 9.42. The molecule has 0 amide bonds. The minimum Gasteiger partial charge on any atom is -0.370 e. The highest BCUT2D eigenvalue weighted by atomic mass is 15.1. The van der Waals surface area contributed by atoms with Gasteiger partial charge in [-0.2, -0.15) is 4.98 Å². The zero-order valence-electron chi connectivity index (χ0n) is 12.6. The summed E-state index contributed by atoms with van der Waals surface area (Å²) >= 11 is 0. The van der Waals surface area contributed by atoms with E-state index in [0.717, 1.165) is 31.9 Å². The molecule has 0 saturated heterocycles. The molecule has 0 aromatic carbocycles. The van der Waals surface area contributed by atoms with Crippen LogP contribution >= 0.6 is 0 Å². The molecule has 0 aliphatic rings. The highest BCUT2D eigenvalue weighted by molar-refractivity contribution is 5.39. The zero-order chi connectivity index (χ0) is 14.1. The van der Waals surface area contributed by atoms with Crippen molar-refractivity contribution in [3.05, 3.63) is 12.3 Å². The van der Waals surface area contributed by atoms with Gasteiger partial charge < -0.3 is 15.5 Å². The highest BCUT2D eigenvalue weighted by Gasteiger charge is 2.02. The van der Waals surface area contributed by atoms with Crippen LogP contribution in [0.25, 0.3) is 0 Å². The van der Waals surface area contributed by atoms with E-state index in [1.807, 2.05) is 13.0 Å². The van der Waals surface area contributed by atoms with Crippen LogP contribution in [0.3, 0.4) is 0 Å². The topological polar surface area (TPSA) is 53.1 Å². The minimum atomic E-state index is 0.623. The predicted molar refractivity (Wildman–Crippen MR) is 81.7 cm³/mol. The molecule has 5 heteroatoms. The Morgan fingerprint density at radius 1 is 1.26 bits per heavy atom. The van der Waals surface area contributed by atoms with Crippen molar-refractivity contribution in [3.8, 4) is 0 Å². The first-order chi connectivity index (χ1) is 9.13. The lowest BCUT2D eigenvalue weighted by Gasteiger charge is -2.20. The van der Waals surface area contributed by atoms with Crippen LogP contribution < -0.4 is 10.6 Å². The van der Waals surface area contributed by atoms with Crippen molar-refractivity contribution in [2.24, 2.45) is 0 Å². The molecular weight excluding hydrogens is 238 g/mol. The van der Waals surface area contributed by atoms with Crippen LogP contribution in [0.5, 0.6) is 0 Å². The van der Waals surface area contributed by atoms with Gasteiger partial charge in [0, 0.05) is 25.3 Å². The fourth-order valence-corrected chi connectivity index (χ4v) is 1.66. The Morgan fingerprint density at radius 2 is 2.05 bits per heavy atom. The smallest absolute Gasteiger partial charge is 0.224 e. The summed E-state index contributed by atoms with van der Waals surface area (Å²) < 4.78 is 0. The first-order valence-corrected chi connectivity index (χ1v) is 7.14. The highest BCUT2D eigenvalue weighted by Crippen LogP contribution is 2.06. The fraction of sp³-hybridized carbons (Fsp3) is 0.714. The van der Waals surface area contributed by atoms with Gasteiger partial charge in [0.1, 0.15) is 5.82 Å². The summed E-state index contributed by atoms with van der Waals surface area (Å²) in [6.07, 6.45) is 4.13. The second kappa shape index (κ2) is 8.69. The van der Waals surface area contributed by atoms with Crippen molar-refractivity contribution in [2.45, 2.75) is 39.7 Å². The zero-order valence-corrected chi connectivity index (χ0v) is 12.6. The molecule has 0 unspecified atom stereocenters. The van der Waals surface area contributed by atoms with E-state index in [2.05, 4.69) is 46.4 Å². The fourth-order valence-electron chi connectivity index (χ4n) is 1.66. The molecule has 108 valence electrons. The number of hydrogen-bond donors (Lipinski definition) is 2. The van der Waals surface area contributed by atoms with Crippen molar-refractivity contribution < 1.29 is 0 Å². The molecule has 19 heavy (non-hydrogen) atoms. The lowest BCUT2D eigenvalue weighted by molar-refractivity contribution is 0.269. The second-order valence-corrected chi connectivity index (χ2v) is 5.00. The molecule has 2 N–H and O–H groups in total. The van der Waals surface area contributed by atoms with Gasteiger partial charge in [0.25, 0.3) is 0 Å². The maximum Gasteiger partial charge on any atom is 0.224 e. The van der Waals surface area contributed by atoms with Crippen molar-refractivity contribution in [1.82, 2.24) is 14.9 Å². The first-order valence-electron chi connectivity index (χ1n) is 7.14. The molecule has 0 spiro atoms. The normalized spacial score (nSPS) is 11.1. The van der Waals surface area contributed by atoms with E-state index in [1.165, 1.54) is 6.42 Å². The lowest BCUT2D eigenvalue weighted by Crippen LogP contribution is -2.27. The number of rotatable bonds is 9. The Hall–Kier alpha value is -1.36. The van der Waals surface area contributed by atoms with E-state index in [4.69, 9.17) is 0 Å². The number of nitrogens with zero attached hydrogens (tertiary/aromatic N) is 3. The standard InChI is InChI=1S/C14H27N5/c1-5-15-14-17-10-8-13(18-14)16-9-6-7-11-19(4)12(2)3/h8,10,12H,5-7,9,11H2,1-4H3,(H2,15,16,17,18). The van der Waals surface area contributed by atoms with E-state index in [-0.39, 0.29) is 0 Å². The molecule has 0 atom stereocenters. The summed E-state index contributed by atoms with van der Waals surface area (Å²) in [5.74, 6) is 1.58.